The van der Waals surface area contributed by atoms with Gasteiger partial charge in [0.05, 0.1) is 6.42 Å². The van der Waals surface area contributed by atoms with Gasteiger partial charge in [0, 0.05) is 28.4 Å². The van der Waals surface area contributed by atoms with Crippen LogP contribution >= 0.6 is 23.2 Å². The van der Waals surface area contributed by atoms with Crippen molar-refractivity contribution < 1.29 is 4.79 Å². The number of rotatable bonds is 2. The fourth-order valence-corrected chi connectivity index (χ4v) is 1.84. The van der Waals surface area contributed by atoms with E-state index >= 15 is 0 Å². The number of halogens is 2. The van der Waals surface area contributed by atoms with Crippen LogP contribution in [0.15, 0.2) is 36.6 Å². The molecule has 96 valence electrons. The van der Waals surface area contributed by atoms with Crippen molar-refractivity contribution in [3.63, 3.8) is 0 Å². The van der Waals surface area contributed by atoms with Gasteiger partial charge in [0.2, 0.25) is 5.91 Å². The predicted octanol–water partition coefficient (Wildman–Crippen LogP) is 3.39. The number of anilines is 1. The Morgan fingerprint density at radius 1 is 1.44 bits per heavy atom. The standard InChI is InChI=1S/C12H11ClN2O.CH3Cl/c1-7-4-9(6-12(14)16)15-11-3-2-8(13)5-10(7)11;1-2/h2-5,15H,1,6H2,(H2,14,16);1H3. The first-order chi connectivity index (χ1) is 8.56. The summed E-state index contributed by atoms with van der Waals surface area (Å²) in [5.74, 6) is -0.371. The smallest absolute Gasteiger partial charge is 0.223 e. The van der Waals surface area contributed by atoms with Gasteiger partial charge in [-0.05, 0) is 29.8 Å². The topological polar surface area (TPSA) is 55.1 Å². The lowest BCUT2D eigenvalue weighted by molar-refractivity contribution is -0.117. The number of benzene rings is 1. The van der Waals surface area contributed by atoms with E-state index in [1.54, 1.807) is 6.07 Å². The third-order valence-electron chi connectivity index (χ3n) is 2.34. The van der Waals surface area contributed by atoms with Crippen LogP contribution in [0.25, 0.3) is 5.57 Å². The minimum atomic E-state index is -0.371. The summed E-state index contributed by atoms with van der Waals surface area (Å²) in [7, 11) is 0. The number of hydrogen-bond acceptors (Lipinski definition) is 2. The molecule has 0 spiro atoms. The van der Waals surface area contributed by atoms with E-state index in [1.165, 1.54) is 6.38 Å². The van der Waals surface area contributed by atoms with E-state index in [0.29, 0.717) is 5.02 Å². The van der Waals surface area contributed by atoms with E-state index in [9.17, 15) is 4.79 Å². The Balaban J connectivity index is 0.000000771. The molecule has 0 aromatic heterocycles. The molecule has 1 heterocycles. The first-order valence-corrected chi connectivity index (χ1v) is 6.32. The maximum Gasteiger partial charge on any atom is 0.223 e. The average Bonchev–Trinajstić information content (AvgIpc) is 2.32. The summed E-state index contributed by atoms with van der Waals surface area (Å²) in [6, 6.07) is 5.48. The molecule has 1 aromatic carbocycles. The second-order valence-electron chi connectivity index (χ2n) is 3.65. The zero-order chi connectivity index (χ0) is 13.7. The number of nitrogens with one attached hydrogen (secondary N) is 1. The van der Waals surface area contributed by atoms with Gasteiger partial charge in [-0.2, -0.15) is 0 Å². The van der Waals surface area contributed by atoms with Gasteiger partial charge in [0.15, 0.2) is 0 Å². The summed E-state index contributed by atoms with van der Waals surface area (Å²) < 4.78 is 0. The maximum absolute atomic E-state index is 10.8. The summed E-state index contributed by atoms with van der Waals surface area (Å²) in [5.41, 5.74) is 8.57. The molecule has 0 bridgehead atoms. The quantitative estimate of drug-likeness (QED) is 0.818. The molecule has 0 unspecified atom stereocenters. The third kappa shape index (κ3) is 3.52. The molecule has 3 nitrogen and oxygen atoms in total. The Labute approximate surface area is 116 Å². The lowest BCUT2D eigenvalue weighted by atomic mass is 9.99. The molecule has 1 aliphatic rings. The van der Waals surface area contributed by atoms with Crippen LogP contribution in [0.2, 0.25) is 5.02 Å². The molecule has 0 aliphatic carbocycles. The Hall–Kier alpha value is -1.45. The molecule has 0 saturated heterocycles. The molecular weight excluding hydrogens is 271 g/mol. The van der Waals surface area contributed by atoms with Gasteiger partial charge < -0.3 is 11.1 Å². The molecule has 1 aromatic rings. The summed E-state index contributed by atoms with van der Waals surface area (Å²) >= 11 is 10.5. The SMILES string of the molecule is C=C1C=C(CC(N)=O)Nc2ccc(Cl)cc21.CCl. The lowest BCUT2D eigenvalue weighted by Crippen LogP contribution is -2.16. The van der Waals surface area contributed by atoms with Crippen molar-refractivity contribution in [2.45, 2.75) is 6.42 Å². The molecule has 0 fully saturated rings. The van der Waals surface area contributed by atoms with Crippen LogP contribution < -0.4 is 11.1 Å². The number of hydrogen-bond donors (Lipinski definition) is 2. The number of allylic oxidation sites excluding steroid dienone is 2. The van der Waals surface area contributed by atoms with E-state index in [0.717, 1.165) is 22.5 Å². The monoisotopic (exact) mass is 284 g/mol. The van der Waals surface area contributed by atoms with E-state index < -0.39 is 0 Å². The van der Waals surface area contributed by atoms with Crippen LogP contribution in [0, 0.1) is 0 Å². The molecule has 3 N–H and O–H groups in total. The van der Waals surface area contributed by atoms with Crippen molar-refractivity contribution in [1.29, 1.82) is 0 Å². The minimum absolute atomic E-state index is 0.182. The van der Waals surface area contributed by atoms with E-state index in [1.807, 2.05) is 18.2 Å². The van der Waals surface area contributed by atoms with E-state index in [-0.39, 0.29) is 12.3 Å². The third-order valence-corrected chi connectivity index (χ3v) is 2.57. The van der Waals surface area contributed by atoms with Crippen molar-refractivity contribution in [1.82, 2.24) is 0 Å². The predicted molar refractivity (Wildman–Crippen MR) is 77.8 cm³/mol. The van der Waals surface area contributed by atoms with Gasteiger partial charge in [-0.3, -0.25) is 4.79 Å². The molecule has 18 heavy (non-hydrogen) atoms. The summed E-state index contributed by atoms with van der Waals surface area (Å²) in [6.07, 6.45) is 3.46. The van der Waals surface area contributed by atoms with Crippen LogP contribution in [0.5, 0.6) is 0 Å². The molecule has 0 saturated carbocycles. The van der Waals surface area contributed by atoms with E-state index in [2.05, 4.69) is 23.5 Å². The van der Waals surface area contributed by atoms with Crippen LogP contribution in [0.1, 0.15) is 12.0 Å². The highest BCUT2D eigenvalue weighted by Crippen LogP contribution is 2.32. The first-order valence-electron chi connectivity index (χ1n) is 5.19. The molecule has 0 radical (unpaired) electrons. The second-order valence-corrected chi connectivity index (χ2v) is 4.09. The van der Waals surface area contributed by atoms with Gasteiger partial charge in [0.25, 0.3) is 0 Å². The van der Waals surface area contributed by atoms with Gasteiger partial charge >= 0.3 is 0 Å². The molecule has 1 aliphatic heterocycles. The number of nitrogens with two attached hydrogens (primary N) is 1. The van der Waals surface area contributed by atoms with Gasteiger partial charge in [0.1, 0.15) is 0 Å². The second kappa shape index (κ2) is 6.47. The molecule has 2 rings (SSSR count). The highest BCUT2D eigenvalue weighted by molar-refractivity contribution is 6.31. The number of amides is 1. The largest absolute Gasteiger partial charge is 0.369 e. The summed E-state index contributed by atoms with van der Waals surface area (Å²) in [5, 5.41) is 3.79. The van der Waals surface area contributed by atoms with Gasteiger partial charge in [-0.1, -0.05) is 18.2 Å². The van der Waals surface area contributed by atoms with Crippen molar-refractivity contribution in [2.75, 3.05) is 11.7 Å². The number of carbonyl (C=O) groups excluding carboxylic acids is 1. The van der Waals surface area contributed by atoms with Gasteiger partial charge in [-0.25, -0.2) is 0 Å². The Kier molecular flexibility index (Phi) is 5.25. The van der Waals surface area contributed by atoms with Crippen LogP contribution in [-0.2, 0) is 4.79 Å². The highest BCUT2D eigenvalue weighted by atomic mass is 35.5. The normalized spacial score (nSPS) is 12.6. The summed E-state index contributed by atoms with van der Waals surface area (Å²) in [4.78, 5) is 10.8. The van der Waals surface area contributed by atoms with Crippen molar-refractivity contribution in [3.8, 4) is 0 Å². The Morgan fingerprint density at radius 3 is 2.72 bits per heavy atom. The number of fused-ring (bicyclic) bond motifs is 1. The Morgan fingerprint density at radius 2 is 2.11 bits per heavy atom. The number of alkyl halides is 1. The first kappa shape index (κ1) is 14.6. The number of carbonyl (C=O) groups is 1. The van der Waals surface area contributed by atoms with E-state index in [4.69, 9.17) is 17.3 Å². The van der Waals surface area contributed by atoms with Crippen molar-refractivity contribution in [2.24, 2.45) is 5.73 Å². The van der Waals surface area contributed by atoms with Crippen LogP contribution in [-0.4, -0.2) is 12.3 Å². The minimum Gasteiger partial charge on any atom is -0.369 e. The lowest BCUT2D eigenvalue weighted by Gasteiger charge is -2.20. The number of primary amides is 1. The zero-order valence-electron chi connectivity index (χ0n) is 9.97. The van der Waals surface area contributed by atoms with Crippen LogP contribution in [0.4, 0.5) is 5.69 Å². The Bertz CT molecular complexity index is 510. The molecule has 5 heteroatoms. The van der Waals surface area contributed by atoms with Gasteiger partial charge in [-0.15, -0.1) is 11.6 Å². The van der Waals surface area contributed by atoms with Crippen molar-refractivity contribution >= 4 is 40.4 Å². The van der Waals surface area contributed by atoms with Crippen LogP contribution in [0.3, 0.4) is 0 Å². The summed E-state index contributed by atoms with van der Waals surface area (Å²) in [6.45, 7) is 3.93. The molecular formula is C13H14Cl2N2O. The fourth-order valence-electron chi connectivity index (χ4n) is 1.67. The average molecular weight is 285 g/mol. The molecule has 0 atom stereocenters. The zero-order valence-corrected chi connectivity index (χ0v) is 11.5. The van der Waals surface area contributed by atoms with Crippen molar-refractivity contribution in [3.05, 3.63) is 47.1 Å². The maximum atomic E-state index is 10.8. The molecule has 1 amide bonds. The fraction of sp³-hybridized carbons (Fsp3) is 0.154. The highest BCUT2D eigenvalue weighted by Gasteiger charge is 2.14.